The summed E-state index contributed by atoms with van der Waals surface area (Å²) in [6, 6.07) is 21.7. The van der Waals surface area contributed by atoms with Gasteiger partial charge in [-0.05, 0) is 73.1 Å². The second-order valence-corrected chi connectivity index (χ2v) is 11.6. The lowest BCUT2D eigenvalue weighted by atomic mass is 9.98. The van der Waals surface area contributed by atoms with Crippen LogP contribution in [0.3, 0.4) is 0 Å². The van der Waals surface area contributed by atoms with Crippen molar-refractivity contribution in [2.24, 2.45) is 5.92 Å². The number of carboxylic acid groups (broad SMARTS) is 1. The summed E-state index contributed by atoms with van der Waals surface area (Å²) in [7, 11) is 0. The number of ether oxygens (including phenoxy) is 1. The first-order chi connectivity index (χ1) is 20.5. The predicted molar refractivity (Wildman–Crippen MR) is 161 cm³/mol. The van der Waals surface area contributed by atoms with Crippen LogP contribution in [0, 0.1) is 5.92 Å². The van der Waals surface area contributed by atoms with E-state index >= 15 is 0 Å². The van der Waals surface area contributed by atoms with Crippen molar-refractivity contribution in [2.45, 2.75) is 44.3 Å². The Morgan fingerprint density at radius 1 is 0.952 bits per heavy atom. The molecule has 0 radical (unpaired) electrons. The van der Waals surface area contributed by atoms with Crippen LogP contribution in [0.2, 0.25) is 0 Å². The normalized spacial score (nSPS) is 20.7. The summed E-state index contributed by atoms with van der Waals surface area (Å²) in [4.78, 5) is 36.2. The van der Waals surface area contributed by atoms with Crippen molar-refractivity contribution >= 4 is 23.5 Å². The topological polar surface area (TPSA) is 98.2 Å². The number of likely N-dealkylation sites (tertiary alicyclic amines) is 1. The number of amides is 2. The van der Waals surface area contributed by atoms with E-state index < -0.39 is 5.97 Å². The van der Waals surface area contributed by atoms with Crippen LogP contribution < -0.4 is 5.32 Å². The van der Waals surface area contributed by atoms with Crippen molar-refractivity contribution in [3.63, 3.8) is 0 Å². The summed E-state index contributed by atoms with van der Waals surface area (Å²) in [5.41, 5.74) is 3.41. The molecular weight excluding hydrogens is 530 g/mol. The molecule has 3 aliphatic heterocycles. The molecule has 2 amide bonds. The van der Waals surface area contributed by atoms with Crippen molar-refractivity contribution in [3.05, 3.63) is 89.6 Å². The highest BCUT2D eigenvalue weighted by atomic mass is 16.5. The second-order valence-electron chi connectivity index (χ2n) is 11.6. The predicted octanol–water partition coefficient (Wildman–Crippen LogP) is 5.39. The Labute approximate surface area is 247 Å². The van der Waals surface area contributed by atoms with Gasteiger partial charge >= 0.3 is 12.0 Å². The van der Waals surface area contributed by atoms with Gasteiger partial charge < -0.3 is 25.0 Å². The van der Waals surface area contributed by atoms with E-state index in [1.807, 2.05) is 18.3 Å². The fourth-order valence-corrected chi connectivity index (χ4v) is 6.47. The number of nitrogens with one attached hydrogen (secondary N) is 1. The number of aromatic carboxylic acids is 1. The van der Waals surface area contributed by atoms with Gasteiger partial charge in [-0.25, -0.2) is 14.6 Å². The number of aromatic nitrogens is 1. The molecule has 0 bridgehead atoms. The number of nitrogens with zero attached hydrogens (tertiary/aromatic N) is 4. The van der Waals surface area contributed by atoms with Crippen LogP contribution in [0.4, 0.5) is 16.3 Å². The molecule has 3 aliphatic rings. The van der Waals surface area contributed by atoms with Gasteiger partial charge in [0.1, 0.15) is 5.82 Å². The van der Waals surface area contributed by atoms with Crippen LogP contribution in [0.25, 0.3) is 0 Å². The summed E-state index contributed by atoms with van der Waals surface area (Å²) in [6.45, 7) is 5.88. The molecule has 1 atom stereocenters. The molecule has 9 nitrogen and oxygen atoms in total. The number of pyridine rings is 1. The number of anilines is 2. The molecule has 3 fully saturated rings. The largest absolute Gasteiger partial charge is 0.478 e. The standard InChI is InChI=1S/C33H39N5O4/c39-32(40)27-7-9-28(10-8-27)35-31-11-6-25(20-34-31)21-36-16-12-29(13-17-36)38-30(26-4-2-1-3-5-26)23-37(33(38)41)22-24-14-18-42-19-15-24/h1-11,20,24,29-30H,12-19,21-23H2,(H,34,35)(H,39,40). The van der Waals surface area contributed by atoms with Crippen LogP contribution in [0.15, 0.2) is 72.9 Å². The SMILES string of the molecule is O=C(O)c1ccc(Nc2ccc(CN3CCC(N4C(=O)N(CC5CCOCC5)CC4c4ccccc4)CC3)cn2)cc1. The Bertz CT molecular complexity index is 1340. The van der Waals surface area contributed by atoms with Crippen LogP contribution in [0.5, 0.6) is 0 Å². The van der Waals surface area contributed by atoms with Gasteiger partial charge in [0, 0.05) is 63.9 Å². The van der Waals surface area contributed by atoms with Crippen molar-refractivity contribution in [3.8, 4) is 0 Å². The molecule has 4 heterocycles. The van der Waals surface area contributed by atoms with E-state index in [-0.39, 0.29) is 23.7 Å². The highest BCUT2D eigenvalue weighted by Gasteiger charge is 2.43. The Morgan fingerprint density at radius 2 is 1.69 bits per heavy atom. The zero-order valence-corrected chi connectivity index (χ0v) is 23.9. The zero-order chi connectivity index (χ0) is 28.9. The van der Waals surface area contributed by atoms with Gasteiger partial charge in [0.05, 0.1) is 11.6 Å². The smallest absolute Gasteiger partial charge is 0.335 e. The third-order valence-electron chi connectivity index (χ3n) is 8.81. The van der Waals surface area contributed by atoms with Crippen molar-refractivity contribution in [1.82, 2.24) is 19.7 Å². The Balaban J connectivity index is 1.05. The van der Waals surface area contributed by atoms with Gasteiger partial charge in [0.15, 0.2) is 0 Å². The van der Waals surface area contributed by atoms with Crippen LogP contribution >= 0.6 is 0 Å². The number of piperidine rings is 1. The molecule has 1 unspecified atom stereocenters. The Kier molecular flexibility index (Phi) is 8.67. The van der Waals surface area contributed by atoms with E-state index in [9.17, 15) is 9.59 Å². The maximum absolute atomic E-state index is 13.8. The van der Waals surface area contributed by atoms with Crippen LogP contribution in [0.1, 0.15) is 53.2 Å². The summed E-state index contributed by atoms with van der Waals surface area (Å²) in [5, 5.41) is 12.3. The highest BCUT2D eigenvalue weighted by Crippen LogP contribution is 2.36. The fraction of sp³-hybridized carbons (Fsp3) is 0.424. The van der Waals surface area contributed by atoms with E-state index in [0.717, 1.165) is 82.9 Å². The molecule has 0 spiro atoms. The highest BCUT2D eigenvalue weighted by molar-refractivity contribution is 5.88. The summed E-state index contributed by atoms with van der Waals surface area (Å²) in [6.07, 6.45) is 5.87. The monoisotopic (exact) mass is 569 g/mol. The number of carboxylic acids is 1. The number of carbonyl (C=O) groups is 2. The number of urea groups is 1. The first-order valence-electron chi connectivity index (χ1n) is 15.0. The Hall–Kier alpha value is -3.95. The van der Waals surface area contributed by atoms with E-state index in [4.69, 9.17) is 9.84 Å². The molecule has 9 heteroatoms. The number of carbonyl (C=O) groups excluding carboxylic acids is 1. The number of rotatable bonds is 9. The first-order valence-corrected chi connectivity index (χ1v) is 15.0. The molecule has 6 rings (SSSR count). The van der Waals surface area contributed by atoms with Crippen molar-refractivity contribution < 1.29 is 19.4 Å². The summed E-state index contributed by atoms with van der Waals surface area (Å²) in [5.74, 6) is 0.294. The van der Waals surface area contributed by atoms with Crippen LogP contribution in [-0.2, 0) is 11.3 Å². The van der Waals surface area contributed by atoms with Gasteiger partial charge in [-0.2, -0.15) is 0 Å². The molecule has 3 aromatic rings. The average Bonchev–Trinajstić information content (AvgIpc) is 3.35. The molecule has 220 valence electrons. The molecule has 2 aromatic carbocycles. The lowest BCUT2D eigenvalue weighted by Gasteiger charge is -2.39. The van der Waals surface area contributed by atoms with E-state index in [2.05, 4.69) is 55.3 Å². The maximum Gasteiger partial charge on any atom is 0.335 e. The minimum absolute atomic E-state index is 0.0969. The lowest BCUT2D eigenvalue weighted by Crippen LogP contribution is -2.47. The third kappa shape index (κ3) is 6.58. The zero-order valence-electron chi connectivity index (χ0n) is 23.9. The second kappa shape index (κ2) is 12.9. The van der Waals surface area contributed by atoms with E-state index in [1.54, 1.807) is 24.3 Å². The van der Waals surface area contributed by atoms with Gasteiger partial charge in [-0.15, -0.1) is 0 Å². The molecule has 0 aliphatic carbocycles. The van der Waals surface area contributed by atoms with Gasteiger partial charge in [0.2, 0.25) is 0 Å². The quantitative estimate of drug-likeness (QED) is 0.356. The summed E-state index contributed by atoms with van der Waals surface area (Å²) < 4.78 is 5.55. The lowest BCUT2D eigenvalue weighted by molar-refractivity contribution is 0.0574. The third-order valence-corrected chi connectivity index (χ3v) is 8.81. The van der Waals surface area contributed by atoms with Crippen LogP contribution in [-0.4, -0.2) is 82.2 Å². The molecular formula is C33H39N5O4. The fourth-order valence-electron chi connectivity index (χ4n) is 6.47. The maximum atomic E-state index is 13.8. The Morgan fingerprint density at radius 3 is 2.36 bits per heavy atom. The number of hydrogen-bond acceptors (Lipinski definition) is 6. The molecule has 42 heavy (non-hydrogen) atoms. The molecule has 1 aromatic heterocycles. The van der Waals surface area contributed by atoms with Gasteiger partial charge in [-0.3, -0.25) is 4.90 Å². The number of benzene rings is 2. The average molecular weight is 570 g/mol. The van der Waals surface area contributed by atoms with Gasteiger partial charge in [0.25, 0.3) is 0 Å². The minimum atomic E-state index is -0.941. The van der Waals surface area contributed by atoms with Crippen molar-refractivity contribution in [2.75, 3.05) is 44.7 Å². The summed E-state index contributed by atoms with van der Waals surface area (Å²) >= 11 is 0. The van der Waals surface area contributed by atoms with Gasteiger partial charge in [-0.1, -0.05) is 36.4 Å². The molecule has 3 saturated heterocycles. The number of hydrogen-bond donors (Lipinski definition) is 2. The van der Waals surface area contributed by atoms with E-state index in [0.29, 0.717) is 11.7 Å². The van der Waals surface area contributed by atoms with E-state index in [1.165, 1.54) is 5.56 Å². The molecule has 2 N–H and O–H groups in total. The first kappa shape index (κ1) is 28.2. The minimum Gasteiger partial charge on any atom is -0.478 e. The van der Waals surface area contributed by atoms with Crippen molar-refractivity contribution in [1.29, 1.82) is 0 Å². The molecule has 0 saturated carbocycles.